The maximum absolute atomic E-state index is 1.64. The molecule has 0 atom stereocenters. The normalized spacial score (nSPS) is 25.7. The minimum Gasteiger partial charge on any atom is -0.412 e. The van der Waals surface area contributed by atoms with Crippen LogP contribution >= 0.6 is 0 Å². The fourth-order valence-electron chi connectivity index (χ4n) is 3.04. The van der Waals surface area contributed by atoms with Crippen LogP contribution in [-0.4, -0.2) is 26.6 Å². The average Bonchev–Trinajstić information content (AvgIpc) is 2.21. The van der Waals surface area contributed by atoms with E-state index >= 15 is 0 Å². The van der Waals surface area contributed by atoms with Crippen molar-refractivity contribution in [1.29, 1.82) is 0 Å². The fourth-order valence-corrected chi connectivity index (χ4v) is 10.1. The average molecular weight is 304 g/mol. The predicted molar refractivity (Wildman–Crippen MR) is 64.4 cm³/mol. The van der Waals surface area contributed by atoms with E-state index in [1.807, 2.05) is 0 Å². The molecule has 83 valence electrons. The number of hydrogen-bond donors (Lipinski definition) is 0. The molecule has 2 heteroatoms. The van der Waals surface area contributed by atoms with Crippen molar-refractivity contribution in [2.45, 2.75) is 72.1 Å². The Kier molecular flexibility index (Phi) is 6.51. The van der Waals surface area contributed by atoms with Crippen LogP contribution in [0.5, 0.6) is 0 Å². The first-order valence-electron chi connectivity index (χ1n) is 6.30. The second-order valence-corrected chi connectivity index (χ2v) is 11.5. The van der Waals surface area contributed by atoms with Gasteiger partial charge in [-0.1, -0.05) is 0 Å². The van der Waals surface area contributed by atoms with Crippen molar-refractivity contribution < 1.29 is 5.48 Å². The van der Waals surface area contributed by atoms with Gasteiger partial charge in [0, 0.05) is 0 Å². The Labute approximate surface area is 98.6 Å². The molecule has 1 radical (unpaired) electrons. The molecule has 2 aliphatic rings. The molecule has 0 amide bonds. The molecule has 0 spiro atoms. The Morgan fingerprint density at radius 2 is 0.929 bits per heavy atom. The SMILES string of the molecule is C1CC[CH]([SnH][CH]2CCCCC2)CC1.O. The van der Waals surface area contributed by atoms with Crippen LogP contribution in [0.4, 0.5) is 0 Å². The molecule has 0 aromatic heterocycles. The third kappa shape index (κ3) is 4.09. The van der Waals surface area contributed by atoms with Crippen molar-refractivity contribution in [3.63, 3.8) is 0 Å². The van der Waals surface area contributed by atoms with Gasteiger partial charge in [-0.15, -0.1) is 0 Å². The number of rotatable bonds is 2. The summed E-state index contributed by atoms with van der Waals surface area (Å²) < 4.78 is 2.62. The zero-order valence-electron chi connectivity index (χ0n) is 9.30. The molecule has 2 fully saturated rings. The van der Waals surface area contributed by atoms with Gasteiger partial charge in [0.15, 0.2) is 0 Å². The molecule has 0 heterocycles. The second-order valence-electron chi connectivity index (χ2n) is 4.99. The summed E-state index contributed by atoms with van der Waals surface area (Å²) in [7, 11) is 0. The van der Waals surface area contributed by atoms with Crippen LogP contribution in [0, 0.1) is 0 Å². The third-order valence-electron chi connectivity index (χ3n) is 3.84. The molecular formula is C12H25OSn. The molecule has 0 saturated heterocycles. The Morgan fingerprint density at radius 1 is 0.571 bits per heavy atom. The van der Waals surface area contributed by atoms with Gasteiger partial charge in [0.05, 0.1) is 0 Å². The summed E-state index contributed by atoms with van der Waals surface area (Å²) in [5, 5.41) is 0. The van der Waals surface area contributed by atoms with Gasteiger partial charge in [-0.2, -0.15) is 0 Å². The molecule has 2 saturated carbocycles. The van der Waals surface area contributed by atoms with Gasteiger partial charge in [0.2, 0.25) is 0 Å². The molecule has 0 unspecified atom stereocenters. The summed E-state index contributed by atoms with van der Waals surface area (Å²) >= 11 is -0.145. The van der Waals surface area contributed by atoms with Crippen molar-refractivity contribution >= 4 is 21.1 Å². The maximum atomic E-state index is 1.64. The molecule has 14 heavy (non-hydrogen) atoms. The minimum absolute atomic E-state index is 0. The summed E-state index contributed by atoms with van der Waals surface area (Å²) in [4.78, 5) is 0. The van der Waals surface area contributed by atoms with Crippen molar-refractivity contribution in [1.82, 2.24) is 0 Å². The van der Waals surface area contributed by atoms with Crippen LogP contribution in [0.25, 0.3) is 0 Å². The summed E-state index contributed by atoms with van der Waals surface area (Å²) in [5.74, 6) is 0. The molecule has 2 aliphatic carbocycles. The van der Waals surface area contributed by atoms with Crippen LogP contribution in [-0.2, 0) is 0 Å². The Balaban J connectivity index is 0.000000980. The zero-order chi connectivity index (χ0) is 8.93. The monoisotopic (exact) mass is 305 g/mol. The Hall–Kier alpha value is 0.759. The van der Waals surface area contributed by atoms with Gasteiger partial charge in [0.1, 0.15) is 0 Å². The van der Waals surface area contributed by atoms with Crippen LogP contribution in [0.2, 0.25) is 7.87 Å². The third-order valence-corrected chi connectivity index (χ3v) is 10.8. The van der Waals surface area contributed by atoms with E-state index in [1.54, 1.807) is 64.2 Å². The summed E-state index contributed by atoms with van der Waals surface area (Å²) in [6, 6.07) is 0. The van der Waals surface area contributed by atoms with Gasteiger partial charge >= 0.3 is 93.2 Å². The first-order valence-corrected chi connectivity index (χ1v) is 10.1. The van der Waals surface area contributed by atoms with Crippen LogP contribution in [0.3, 0.4) is 0 Å². The second kappa shape index (κ2) is 7.10. The van der Waals surface area contributed by atoms with Crippen molar-refractivity contribution in [2.24, 2.45) is 0 Å². The first kappa shape index (κ1) is 12.8. The van der Waals surface area contributed by atoms with Gasteiger partial charge in [-0.25, -0.2) is 0 Å². The van der Waals surface area contributed by atoms with Gasteiger partial charge in [-0.05, 0) is 0 Å². The smallest absolute Gasteiger partial charge is 0.412 e. The van der Waals surface area contributed by atoms with Gasteiger partial charge in [-0.3, -0.25) is 0 Å². The van der Waals surface area contributed by atoms with E-state index in [2.05, 4.69) is 0 Å². The standard InChI is InChI=1S/2C6H11.H2O.Sn.H/c2*1-2-4-6-5-3-1;;;/h2*1H,2-6H2;1H2;;. The van der Waals surface area contributed by atoms with E-state index in [4.69, 9.17) is 0 Å². The van der Waals surface area contributed by atoms with Crippen LogP contribution in [0.15, 0.2) is 0 Å². The molecular weight excluding hydrogens is 279 g/mol. The van der Waals surface area contributed by atoms with Crippen molar-refractivity contribution in [3.05, 3.63) is 0 Å². The van der Waals surface area contributed by atoms with Crippen molar-refractivity contribution in [2.75, 3.05) is 0 Å². The topological polar surface area (TPSA) is 31.5 Å². The molecule has 0 aromatic carbocycles. The molecule has 1 nitrogen and oxygen atoms in total. The zero-order valence-corrected chi connectivity index (χ0v) is 12.6. The van der Waals surface area contributed by atoms with Crippen LogP contribution < -0.4 is 0 Å². The quantitative estimate of drug-likeness (QED) is 0.702. The first-order chi connectivity index (χ1) is 6.45. The Morgan fingerprint density at radius 3 is 1.29 bits per heavy atom. The van der Waals surface area contributed by atoms with E-state index in [0.29, 0.717) is 0 Å². The number of hydrogen-bond acceptors (Lipinski definition) is 0. The van der Waals surface area contributed by atoms with Crippen LogP contribution in [0.1, 0.15) is 64.2 Å². The van der Waals surface area contributed by atoms with E-state index in [-0.39, 0.29) is 26.6 Å². The predicted octanol–water partition coefficient (Wildman–Crippen LogP) is 3.10. The largest absolute Gasteiger partial charge is 0.412 e. The molecule has 0 bridgehead atoms. The summed E-state index contributed by atoms with van der Waals surface area (Å²) in [5.41, 5.74) is 0. The van der Waals surface area contributed by atoms with Crippen molar-refractivity contribution in [3.8, 4) is 0 Å². The summed E-state index contributed by atoms with van der Waals surface area (Å²) in [6.07, 6.45) is 15.9. The van der Waals surface area contributed by atoms with E-state index in [9.17, 15) is 0 Å². The molecule has 2 N–H and O–H groups in total. The van der Waals surface area contributed by atoms with Gasteiger partial charge in [0.25, 0.3) is 0 Å². The minimum atomic E-state index is -0.145. The van der Waals surface area contributed by atoms with E-state index < -0.39 is 0 Å². The maximum Gasteiger partial charge on any atom is -0.412 e. The van der Waals surface area contributed by atoms with E-state index in [0.717, 1.165) is 0 Å². The van der Waals surface area contributed by atoms with E-state index in [1.165, 1.54) is 7.87 Å². The van der Waals surface area contributed by atoms with Gasteiger partial charge < -0.3 is 5.48 Å². The molecule has 2 rings (SSSR count). The molecule has 0 aromatic rings. The summed E-state index contributed by atoms with van der Waals surface area (Å²) in [6.45, 7) is 0. The molecule has 0 aliphatic heterocycles. The Bertz CT molecular complexity index is 121. The fraction of sp³-hybridized carbons (Fsp3) is 1.00.